The summed E-state index contributed by atoms with van der Waals surface area (Å²) in [4.78, 5) is 15.9. The van der Waals surface area contributed by atoms with Crippen LogP contribution in [0.5, 0.6) is 5.88 Å². The molecule has 0 radical (unpaired) electrons. The third-order valence-corrected chi connectivity index (χ3v) is 2.50. The maximum absolute atomic E-state index is 11.9. The van der Waals surface area contributed by atoms with Crippen molar-refractivity contribution >= 4 is 11.8 Å². The Bertz CT molecular complexity index is 581. The maximum Gasteiger partial charge on any atom is 0.318 e. The van der Waals surface area contributed by atoms with Crippen molar-refractivity contribution in [3.8, 4) is 17.0 Å². The molecule has 0 saturated heterocycles. The average molecular weight is 260 g/mol. The smallest absolute Gasteiger partial charge is 0.318 e. The average Bonchev–Trinajstić information content (AvgIpc) is 2.77. The molecule has 0 unspecified atom stereocenters. The molecular weight excluding hydrogens is 244 g/mol. The minimum Gasteiger partial charge on any atom is -0.405 e. The second-order valence-electron chi connectivity index (χ2n) is 5.22. The van der Waals surface area contributed by atoms with Crippen LogP contribution in [0.15, 0.2) is 24.5 Å². The number of ether oxygens (including phenoxy) is 1. The number of rotatable bonds is 2. The van der Waals surface area contributed by atoms with Gasteiger partial charge in [0.2, 0.25) is 5.88 Å². The molecule has 2 heterocycles. The van der Waals surface area contributed by atoms with Gasteiger partial charge in [-0.1, -0.05) is 0 Å². The van der Waals surface area contributed by atoms with E-state index in [1.165, 1.54) is 0 Å². The lowest BCUT2D eigenvalue weighted by Gasteiger charge is -2.15. The van der Waals surface area contributed by atoms with Crippen LogP contribution in [0, 0.1) is 5.41 Å². The van der Waals surface area contributed by atoms with Crippen LogP contribution in [-0.2, 0) is 4.79 Å². The van der Waals surface area contributed by atoms with Crippen LogP contribution in [-0.4, -0.2) is 21.2 Å². The van der Waals surface area contributed by atoms with Gasteiger partial charge in [-0.15, -0.1) is 5.10 Å². The zero-order chi connectivity index (χ0) is 14.0. The predicted molar refractivity (Wildman–Crippen MR) is 71.3 cm³/mol. The van der Waals surface area contributed by atoms with Gasteiger partial charge in [0, 0.05) is 18.0 Å². The highest BCUT2D eigenvalue weighted by molar-refractivity contribution is 5.80. The number of H-pyrrole nitrogens is 1. The van der Waals surface area contributed by atoms with Crippen molar-refractivity contribution in [3.05, 3.63) is 24.5 Å². The van der Waals surface area contributed by atoms with E-state index in [0.717, 1.165) is 5.56 Å². The monoisotopic (exact) mass is 260 g/mol. The fourth-order valence-corrected chi connectivity index (χ4v) is 1.37. The number of carbonyl (C=O) groups excluding carboxylic acids is 1. The van der Waals surface area contributed by atoms with E-state index in [2.05, 4.69) is 15.2 Å². The number of carbonyl (C=O) groups is 1. The van der Waals surface area contributed by atoms with Crippen molar-refractivity contribution in [2.24, 2.45) is 5.41 Å². The summed E-state index contributed by atoms with van der Waals surface area (Å²) in [7, 11) is 0. The van der Waals surface area contributed by atoms with Gasteiger partial charge in [0.25, 0.3) is 0 Å². The summed E-state index contributed by atoms with van der Waals surface area (Å²) in [5.74, 6) is 0.330. The zero-order valence-electron chi connectivity index (χ0n) is 11.1. The van der Waals surface area contributed by atoms with Crippen molar-refractivity contribution in [2.75, 3.05) is 5.73 Å². The SMILES string of the molecule is CC(C)(C)C(=O)Oc1n[nH]cc1-c1ccc(N)nc1. The Morgan fingerprint density at radius 1 is 1.37 bits per heavy atom. The highest BCUT2D eigenvalue weighted by atomic mass is 16.5. The summed E-state index contributed by atoms with van der Waals surface area (Å²) >= 11 is 0. The number of anilines is 1. The van der Waals surface area contributed by atoms with Crippen LogP contribution in [0.2, 0.25) is 0 Å². The number of hydrogen-bond acceptors (Lipinski definition) is 5. The Morgan fingerprint density at radius 2 is 2.11 bits per heavy atom. The van der Waals surface area contributed by atoms with E-state index in [9.17, 15) is 4.79 Å². The van der Waals surface area contributed by atoms with Gasteiger partial charge < -0.3 is 10.5 Å². The Balaban J connectivity index is 2.28. The van der Waals surface area contributed by atoms with Gasteiger partial charge in [0.1, 0.15) is 5.82 Å². The molecule has 0 spiro atoms. The third-order valence-electron chi connectivity index (χ3n) is 2.50. The first-order chi connectivity index (χ1) is 8.88. The molecule has 0 amide bonds. The second kappa shape index (κ2) is 4.72. The molecule has 0 aliphatic carbocycles. The van der Waals surface area contributed by atoms with Crippen molar-refractivity contribution in [2.45, 2.75) is 20.8 Å². The number of aromatic amines is 1. The first-order valence-corrected chi connectivity index (χ1v) is 5.86. The first kappa shape index (κ1) is 13.1. The van der Waals surface area contributed by atoms with Crippen LogP contribution < -0.4 is 10.5 Å². The van der Waals surface area contributed by atoms with E-state index in [1.54, 1.807) is 45.3 Å². The molecular formula is C13H16N4O2. The molecule has 0 atom stereocenters. The number of aromatic nitrogens is 3. The van der Waals surface area contributed by atoms with E-state index in [1.807, 2.05) is 0 Å². The third kappa shape index (κ3) is 2.90. The molecule has 2 aromatic heterocycles. The molecule has 19 heavy (non-hydrogen) atoms. The van der Waals surface area contributed by atoms with Gasteiger partial charge in [-0.05, 0) is 32.9 Å². The molecule has 100 valence electrons. The predicted octanol–water partition coefficient (Wildman–Crippen LogP) is 2.01. The van der Waals surface area contributed by atoms with Crippen molar-refractivity contribution in [1.82, 2.24) is 15.2 Å². The highest BCUT2D eigenvalue weighted by Crippen LogP contribution is 2.29. The molecule has 2 aromatic rings. The highest BCUT2D eigenvalue weighted by Gasteiger charge is 2.25. The number of esters is 1. The molecule has 0 fully saturated rings. The summed E-state index contributed by atoms with van der Waals surface area (Å²) in [6.45, 7) is 5.35. The topological polar surface area (TPSA) is 93.9 Å². The molecule has 6 nitrogen and oxygen atoms in total. The lowest BCUT2D eigenvalue weighted by Crippen LogP contribution is -2.25. The minimum atomic E-state index is -0.588. The quantitative estimate of drug-likeness (QED) is 0.805. The lowest BCUT2D eigenvalue weighted by atomic mass is 9.97. The number of nitrogens with two attached hydrogens (primary N) is 1. The minimum absolute atomic E-state index is 0.242. The van der Waals surface area contributed by atoms with Crippen molar-refractivity contribution in [3.63, 3.8) is 0 Å². The largest absolute Gasteiger partial charge is 0.405 e. The molecule has 0 bridgehead atoms. The Kier molecular flexibility index (Phi) is 3.25. The second-order valence-corrected chi connectivity index (χ2v) is 5.22. The van der Waals surface area contributed by atoms with Crippen LogP contribution in [0.1, 0.15) is 20.8 Å². The fraction of sp³-hybridized carbons (Fsp3) is 0.308. The van der Waals surface area contributed by atoms with E-state index < -0.39 is 5.41 Å². The summed E-state index contributed by atoms with van der Waals surface area (Å²) in [6.07, 6.45) is 3.26. The van der Waals surface area contributed by atoms with E-state index >= 15 is 0 Å². The zero-order valence-corrected chi connectivity index (χ0v) is 11.1. The van der Waals surface area contributed by atoms with Gasteiger partial charge in [0.15, 0.2) is 0 Å². The Labute approximate surface area is 111 Å². The molecule has 3 N–H and O–H groups in total. The number of hydrogen-bond donors (Lipinski definition) is 2. The van der Waals surface area contributed by atoms with Gasteiger partial charge in [-0.2, -0.15) is 0 Å². The van der Waals surface area contributed by atoms with Crippen molar-refractivity contribution in [1.29, 1.82) is 0 Å². The van der Waals surface area contributed by atoms with Crippen molar-refractivity contribution < 1.29 is 9.53 Å². The summed E-state index contributed by atoms with van der Waals surface area (Å²) in [6, 6.07) is 3.47. The molecule has 0 aliphatic rings. The number of pyridine rings is 1. The first-order valence-electron chi connectivity index (χ1n) is 5.86. The van der Waals surface area contributed by atoms with Crippen LogP contribution in [0.4, 0.5) is 5.82 Å². The van der Waals surface area contributed by atoms with E-state index in [0.29, 0.717) is 11.4 Å². The Morgan fingerprint density at radius 3 is 2.68 bits per heavy atom. The lowest BCUT2D eigenvalue weighted by molar-refractivity contribution is -0.143. The standard InChI is InChI=1S/C13H16N4O2/c1-13(2,3)12(18)19-11-9(7-16-17-11)8-4-5-10(14)15-6-8/h4-7H,1-3H3,(H2,14,15)(H,16,17). The number of nitrogens with one attached hydrogen (secondary N) is 1. The van der Waals surface area contributed by atoms with Gasteiger partial charge >= 0.3 is 5.97 Å². The van der Waals surface area contributed by atoms with E-state index in [-0.39, 0.29) is 11.8 Å². The molecule has 0 aromatic carbocycles. The van der Waals surface area contributed by atoms with Gasteiger partial charge in [0.05, 0.1) is 11.0 Å². The summed E-state index contributed by atoms with van der Waals surface area (Å²) in [5, 5.41) is 6.62. The van der Waals surface area contributed by atoms with E-state index in [4.69, 9.17) is 10.5 Å². The maximum atomic E-state index is 11.9. The fourth-order valence-electron chi connectivity index (χ4n) is 1.37. The molecule has 6 heteroatoms. The number of nitrogen functional groups attached to an aromatic ring is 1. The Hall–Kier alpha value is -2.37. The van der Waals surface area contributed by atoms with Crippen LogP contribution in [0.25, 0.3) is 11.1 Å². The number of nitrogens with zero attached hydrogens (tertiary/aromatic N) is 2. The summed E-state index contributed by atoms with van der Waals surface area (Å²) < 4.78 is 5.29. The molecule has 0 aliphatic heterocycles. The molecule has 0 saturated carbocycles. The van der Waals surface area contributed by atoms with Crippen LogP contribution >= 0.6 is 0 Å². The molecule has 2 rings (SSSR count). The van der Waals surface area contributed by atoms with Gasteiger partial charge in [-0.3, -0.25) is 9.89 Å². The van der Waals surface area contributed by atoms with Crippen LogP contribution in [0.3, 0.4) is 0 Å². The normalized spacial score (nSPS) is 11.3. The summed E-state index contributed by atoms with van der Waals surface area (Å²) in [5.41, 5.74) is 6.40. The van der Waals surface area contributed by atoms with Gasteiger partial charge in [-0.25, -0.2) is 4.98 Å².